The number of aryl methyl sites for hydroxylation is 2. The Morgan fingerprint density at radius 2 is 1.70 bits per heavy atom. The third-order valence-electron chi connectivity index (χ3n) is 6.76. The van der Waals surface area contributed by atoms with E-state index in [-0.39, 0.29) is 23.3 Å². The van der Waals surface area contributed by atoms with Gasteiger partial charge in [0.1, 0.15) is 11.5 Å². The molecule has 0 saturated carbocycles. The summed E-state index contributed by atoms with van der Waals surface area (Å²) in [5.41, 5.74) is 4.90. The molecule has 0 aliphatic rings. The van der Waals surface area contributed by atoms with E-state index in [0.717, 1.165) is 39.0 Å². The van der Waals surface area contributed by atoms with Crippen LogP contribution in [0.3, 0.4) is 0 Å². The van der Waals surface area contributed by atoms with Crippen molar-refractivity contribution in [2.45, 2.75) is 13.3 Å². The second-order valence-electron chi connectivity index (χ2n) is 10.1. The Morgan fingerprint density at radius 1 is 1.00 bits per heavy atom. The van der Waals surface area contributed by atoms with Crippen LogP contribution in [-0.4, -0.2) is 49.6 Å². The molecule has 0 atom stereocenters. The summed E-state index contributed by atoms with van der Waals surface area (Å²) >= 11 is 0. The molecule has 224 valence electrons. The van der Waals surface area contributed by atoms with E-state index in [1.165, 1.54) is 0 Å². The number of nitrogens with one attached hydrogen (secondary N) is 1. The summed E-state index contributed by atoms with van der Waals surface area (Å²) in [6.07, 6.45) is 6.18. The van der Waals surface area contributed by atoms with Crippen LogP contribution in [0.5, 0.6) is 11.5 Å². The maximum atomic E-state index is 13.2. The number of ketones is 1. The Balaban J connectivity index is 0.000000712. The summed E-state index contributed by atoms with van der Waals surface area (Å²) in [5.74, 6) is 1.06. The Bertz CT molecular complexity index is 2090. The van der Waals surface area contributed by atoms with Crippen LogP contribution in [0.25, 0.3) is 27.7 Å². The van der Waals surface area contributed by atoms with Crippen LogP contribution in [0.15, 0.2) is 102 Å². The van der Waals surface area contributed by atoms with Gasteiger partial charge in [0.05, 0.1) is 29.7 Å². The lowest BCUT2D eigenvalue weighted by atomic mass is 10.0. The topological polar surface area (TPSA) is 149 Å². The van der Waals surface area contributed by atoms with Crippen molar-refractivity contribution in [3.8, 4) is 28.3 Å². The van der Waals surface area contributed by atoms with Crippen LogP contribution in [0.4, 0.5) is 0 Å². The van der Waals surface area contributed by atoms with E-state index in [1.54, 1.807) is 29.1 Å². The molecule has 11 nitrogen and oxygen atoms in total. The molecule has 3 aromatic carbocycles. The highest BCUT2D eigenvalue weighted by Crippen LogP contribution is 2.36. The fourth-order valence-electron chi connectivity index (χ4n) is 4.71. The molecule has 0 amide bonds. The van der Waals surface area contributed by atoms with Crippen molar-refractivity contribution in [2.75, 3.05) is 6.26 Å². The number of nitrogens with zero attached hydrogens (tertiary/aromatic N) is 4. The molecule has 0 bridgehead atoms. The van der Waals surface area contributed by atoms with Crippen LogP contribution >= 0.6 is 0 Å². The van der Waals surface area contributed by atoms with E-state index < -0.39 is 10.1 Å². The summed E-state index contributed by atoms with van der Waals surface area (Å²) in [6, 6.07) is 24.1. The van der Waals surface area contributed by atoms with Crippen molar-refractivity contribution >= 4 is 26.8 Å². The molecule has 3 aromatic heterocycles. The first-order valence-corrected chi connectivity index (χ1v) is 15.3. The lowest BCUT2D eigenvalue weighted by Gasteiger charge is -2.12. The molecule has 3 heterocycles. The number of para-hydroxylation sites is 1. The predicted molar refractivity (Wildman–Crippen MR) is 167 cm³/mol. The first kappa shape index (κ1) is 30.1. The Hall–Kier alpha value is -5.33. The summed E-state index contributed by atoms with van der Waals surface area (Å²) < 4.78 is 35.5. The number of benzene rings is 3. The monoisotopic (exact) mass is 611 g/mol. The number of carbonyl (C=O) groups is 1. The van der Waals surface area contributed by atoms with E-state index in [4.69, 9.17) is 9.29 Å². The molecule has 0 aliphatic carbocycles. The number of aromatic nitrogens is 5. The van der Waals surface area contributed by atoms with Gasteiger partial charge in [0.25, 0.3) is 15.7 Å². The number of H-pyrrole nitrogens is 1. The van der Waals surface area contributed by atoms with Crippen molar-refractivity contribution in [1.82, 2.24) is 24.5 Å². The Morgan fingerprint density at radius 3 is 2.36 bits per heavy atom. The zero-order chi connectivity index (χ0) is 31.4. The standard InChI is InChI=1S/C31H25N5O3.CH4O3S/c1-20-8-13-26(31(38)36(20)24-6-4-3-5-7-24)29(37)14-21-9-11-25(12-10-21)39-30-15-22-19-34-35(2)28(22)16-27(30)23-17-32-33-18-23;1-5(2,3)4/h3-13,15-19H,14H2,1-2H3,(H,32,33);1H3,(H,2,3,4). The van der Waals surface area contributed by atoms with Gasteiger partial charge in [-0.3, -0.25) is 28.5 Å². The average molecular weight is 612 g/mol. The second-order valence-corrected chi connectivity index (χ2v) is 11.6. The fourth-order valence-corrected chi connectivity index (χ4v) is 4.71. The number of aromatic amines is 1. The van der Waals surface area contributed by atoms with Gasteiger partial charge < -0.3 is 4.74 Å². The summed E-state index contributed by atoms with van der Waals surface area (Å²) in [5, 5.41) is 12.2. The Labute approximate surface area is 253 Å². The lowest BCUT2D eigenvalue weighted by Crippen LogP contribution is -2.27. The maximum absolute atomic E-state index is 13.2. The van der Waals surface area contributed by atoms with E-state index in [9.17, 15) is 18.0 Å². The van der Waals surface area contributed by atoms with Crippen LogP contribution in [0, 0.1) is 6.92 Å². The minimum absolute atomic E-state index is 0.106. The highest BCUT2D eigenvalue weighted by Gasteiger charge is 2.16. The number of ether oxygens (including phenoxy) is 1. The Kier molecular flexibility index (Phi) is 8.56. The molecule has 0 saturated heterocycles. The van der Waals surface area contributed by atoms with Gasteiger partial charge in [-0.25, -0.2) is 0 Å². The van der Waals surface area contributed by atoms with Gasteiger partial charge >= 0.3 is 0 Å². The molecule has 0 spiro atoms. The minimum atomic E-state index is -3.67. The molecule has 0 fully saturated rings. The van der Waals surface area contributed by atoms with Crippen molar-refractivity contribution in [3.63, 3.8) is 0 Å². The molecular formula is C32H29N5O6S. The zero-order valence-corrected chi connectivity index (χ0v) is 24.9. The van der Waals surface area contributed by atoms with E-state index in [1.807, 2.05) is 91.6 Å². The molecule has 12 heteroatoms. The molecule has 0 aliphatic heterocycles. The molecule has 2 N–H and O–H groups in total. The third kappa shape index (κ3) is 7.00. The van der Waals surface area contributed by atoms with E-state index in [2.05, 4.69) is 15.3 Å². The fraction of sp³-hybridized carbons (Fsp3) is 0.125. The average Bonchev–Trinajstić information content (AvgIpc) is 3.63. The number of Topliss-reactive ketones (excluding diaryl/α,β-unsaturated/α-hetero) is 1. The number of rotatable bonds is 7. The largest absolute Gasteiger partial charge is 0.457 e. The first-order valence-electron chi connectivity index (χ1n) is 13.4. The third-order valence-corrected chi connectivity index (χ3v) is 6.76. The van der Waals surface area contributed by atoms with Crippen LogP contribution in [0.1, 0.15) is 21.6 Å². The van der Waals surface area contributed by atoms with Crippen molar-refractivity contribution < 1.29 is 22.5 Å². The molecule has 6 aromatic rings. The highest BCUT2D eigenvalue weighted by molar-refractivity contribution is 7.85. The number of hydrogen-bond donors (Lipinski definition) is 2. The molecule has 44 heavy (non-hydrogen) atoms. The SMILES string of the molecule is CS(=O)(=O)O.Cc1ccc(C(=O)Cc2ccc(Oc3cc4cnn(C)c4cc3-c3cn[nH]c3)cc2)c(=O)n1-c1ccccc1. The van der Waals surface area contributed by atoms with Gasteiger partial charge in [-0.2, -0.15) is 18.6 Å². The van der Waals surface area contributed by atoms with Crippen LogP contribution in [-0.2, 0) is 23.6 Å². The van der Waals surface area contributed by atoms with Gasteiger partial charge in [0.15, 0.2) is 5.78 Å². The van der Waals surface area contributed by atoms with Gasteiger partial charge in [0, 0.05) is 47.6 Å². The second kappa shape index (κ2) is 12.5. The zero-order valence-electron chi connectivity index (χ0n) is 24.1. The smallest absolute Gasteiger partial charge is 0.266 e. The minimum Gasteiger partial charge on any atom is -0.457 e. The van der Waals surface area contributed by atoms with Gasteiger partial charge in [-0.1, -0.05) is 30.3 Å². The van der Waals surface area contributed by atoms with Crippen molar-refractivity contribution in [1.29, 1.82) is 0 Å². The summed E-state index contributed by atoms with van der Waals surface area (Å²) in [7, 11) is -1.77. The van der Waals surface area contributed by atoms with Crippen LogP contribution < -0.4 is 10.3 Å². The number of hydrogen-bond acceptors (Lipinski definition) is 7. The van der Waals surface area contributed by atoms with Crippen LogP contribution in [0.2, 0.25) is 0 Å². The van der Waals surface area contributed by atoms with Gasteiger partial charge in [-0.05, 0) is 61.0 Å². The van der Waals surface area contributed by atoms with E-state index in [0.29, 0.717) is 17.8 Å². The summed E-state index contributed by atoms with van der Waals surface area (Å²) in [6.45, 7) is 1.85. The van der Waals surface area contributed by atoms with Gasteiger partial charge in [-0.15, -0.1) is 0 Å². The predicted octanol–water partition coefficient (Wildman–Crippen LogP) is 5.14. The first-order chi connectivity index (χ1) is 21.0. The van der Waals surface area contributed by atoms with Crippen molar-refractivity contribution in [2.24, 2.45) is 7.05 Å². The molecule has 0 radical (unpaired) electrons. The lowest BCUT2D eigenvalue weighted by molar-refractivity contribution is 0.0991. The molecule has 6 rings (SSSR count). The quantitative estimate of drug-likeness (QED) is 0.186. The number of pyridine rings is 1. The maximum Gasteiger partial charge on any atom is 0.266 e. The molecular weight excluding hydrogens is 582 g/mol. The number of carbonyl (C=O) groups excluding carboxylic acids is 1. The van der Waals surface area contributed by atoms with Crippen molar-refractivity contribution in [3.05, 3.63) is 125 Å². The number of fused-ring (bicyclic) bond motifs is 1. The normalized spacial score (nSPS) is 11.2. The molecule has 0 unspecified atom stereocenters. The van der Waals surface area contributed by atoms with Gasteiger partial charge in [0.2, 0.25) is 0 Å². The highest BCUT2D eigenvalue weighted by atomic mass is 32.2. The van der Waals surface area contributed by atoms with E-state index >= 15 is 0 Å². The summed E-state index contributed by atoms with van der Waals surface area (Å²) in [4.78, 5) is 26.4.